The number of imidazole rings is 1. The third kappa shape index (κ3) is 2.94. The summed E-state index contributed by atoms with van der Waals surface area (Å²) in [6.45, 7) is 8.35. The maximum absolute atomic E-state index is 11.5. The quantitative estimate of drug-likeness (QED) is 0.771. The molecule has 3 aromatic rings. The van der Waals surface area contributed by atoms with Gasteiger partial charge in [-0.05, 0) is 24.6 Å². The van der Waals surface area contributed by atoms with E-state index in [-0.39, 0.29) is 5.41 Å². The minimum absolute atomic E-state index is 0.0281. The van der Waals surface area contributed by atoms with E-state index in [4.69, 9.17) is 5.73 Å². The van der Waals surface area contributed by atoms with Gasteiger partial charge in [0, 0.05) is 29.7 Å². The van der Waals surface area contributed by atoms with Crippen molar-refractivity contribution in [1.29, 1.82) is 0 Å². The van der Waals surface area contributed by atoms with E-state index in [2.05, 4.69) is 41.8 Å². The molecule has 3 rings (SSSR count). The van der Waals surface area contributed by atoms with Crippen LogP contribution >= 0.6 is 11.3 Å². The standard InChI is InChI=1S/C17H19N5OS/c1-10-13(11-5-6-19-12(9-11)17(2,3)4)24-15(21-10)14-20-7-8-22(14)16(18)23/h5-9H,1-4H3,(H2,18,23). The number of rotatable bonds is 2. The average Bonchev–Trinajstić information content (AvgIpc) is 3.12. The van der Waals surface area contributed by atoms with Crippen LogP contribution in [0.25, 0.3) is 21.3 Å². The Morgan fingerprint density at radius 2 is 2.00 bits per heavy atom. The molecular formula is C17H19N5OS. The maximum atomic E-state index is 11.5. The Labute approximate surface area is 144 Å². The lowest BCUT2D eigenvalue weighted by molar-refractivity contribution is 0.250. The van der Waals surface area contributed by atoms with Crippen molar-refractivity contribution in [2.75, 3.05) is 0 Å². The molecule has 0 aromatic carbocycles. The van der Waals surface area contributed by atoms with Crippen molar-refractivity contribution in [3.05, 3.63) is 42.1 Å². The Bertz CT molecular complexity index is 904. The summed E-state index contributed by atoms with van der Waals surface area (Å²) in [4.78, 5) is 25.8. The van der Waals surface area contributed by atoms with Crippen LogP contribution in [0, 0.1) is 6.92 Å². The number of carbonyl (C=O) groups is 1. The lowest BCUT2D eigenvalue weighted by Gasteiger charge is -2.18. The number of carbonyl (C=O) groups excluding carboxylic acids is 1. The first-order valence-electron chi connectivity index (χ1n) is 7.55. The second kappa shape index (κ2) is 5.83. The van der Waals surface area contributed by atoms with Gasteiger partial charge >= 0.3 is 6.03 Å². The topological polar surface area (TPSA) is 86.7 Å². The van der Waals surface area contributed by atoms with E-state index in [0.717, 1.165) is 21.8 Å². The van der Waals surface area contributed by atoms with Gasteiger partial charge in [0.2, 0.25) is 0 Å². The number of primary amides is 1. The predicted molar refractivity (Wildman–Crippen MR) is 95.0 cm³/mol. The monoisotopic (exact) mass is 341 g/mol. The molecule has 2 N–H and O–H groups in total. The van der Waals surface area contributed by atoms with Crippen LogP contribution in [0.2, 0.25) is 0 Å². The Kier molecular flexibility index (Phi) is 3.96. The summed E-state index contributed by atoms with van der Waals surface area (Å²) >= 11 is 1.49. The lowest BCUT2D eigenvalue weighted by atomic mass is 9.90. The molecule has 0 atom stereocenters. The molecule has 124 valence electrons. The van der Waals surface area contributed by atoms with Gasteiger partial charge in [0.1, 0.15) is 0 Å². The number of pyridine rings is 1. The summed E-state index contributed by atoms with van der Waals surface area (Å²) in [6, 6.07) is 3.49. The molecule has 0 aliphatic heterocycles. The summed E-state index contributed by atoms with van der Waals surface area (Å²) in [5.41, 5.74) is 8.32. The molecule has 0 saturated heterocycles. The largest absolute Gasteiger partial charge is 0.351 e. The highest BCUT2D eigenvalue weighted by atomic mass is 32.1. The van der Waals surface area contributed by atoms with Gasteiger partial charge in [-0.1, -0.05) is 20.8 Å². The second-order valence-electron chi connectivity index (χ2n) is 6.57. The molecule has 0 bridgehead atoms. The predicted octanol–water partition coefficient (Wildman–Crippen LogP) is 3.60. The van der Waals surface area contributed by atoms with Crippen LogP contribution in [0.5, 0.6) is 0 Å². The Morgan fingerprint density at radius 3 is 2.67 bits per heavy atom. The number of amides is 1. The second-order valence-corrected chi connectivity index (χ2v) is 7.57. The molecular weight excluding hydrogens is 322 g/mol. The van der Waals surface area contributed by atoms with Crippen molar-refractivity contribution in [3.63, 3.8) is 0 Å². The summed E-state index contributed by atoms with van der Waals surface area (Å²) in [6.07, 6.45) is 4.90. The third-order valence-electron chi connectivity index (χ3n) is 3.66. The van der Waals surface area contributed by atoms with Crippen molar-refractivity contribution < 1.29 is 4.79 Å². The molecule has 0 fully saturated rings. The SMILES string of the molecule is Cc1nc(-c2nccn2C(N)=O)sc1-c1ccnc(C(C)(C)C)c1. The summed E-state index contributed by atoms with van der Waals surface area (Å²) < 4.78 is 1.30. The molecule has 0 aliphatic carbocycles. The highest BCUT2D eigenvalue weighted by molar-refractivity contribution is 7.18. The van der Waals surface area contributed by atoms with Gasteiger partial charge in [-0.3, -0.25) is 4.98 Å². The number of nitrogens with two attached hydrogens (primary N) is 1. The van der Waals surface area contributed by atoms with E-state index in [1.54, 1.807) is 6.20 Å². The average molecular weight is 341 g/mol. The fraction of sp³-hybridized carbons (Fsp3) is 0.294. The number of aryl methyl sites for hydroxylation is 1. The van der Waals surface area contributed by atoms with Crippen LogP contribution in [0.1, 0.15) is 32.2 Å². The van der Waals surface area contributed by atoms with Gasteiger partial charge < -0.3 is 5.73 Å². The first-order chi connectivity index (χ1) is 11.3. The van der Waals surface area contributed by atoms with Crippen molar-refractivity contribution in [2.24, 2.45) is 5.73 Å². The fourth-order valence-corrected chi connectivity index (χ4v) is 3.44. The molecule has 1 amide bonds. The molecule has 0 spiro atoms. The maximum Gasteiger partial charge on any atom is 0.324 e. The Balaban J connectivity index is 2.07. The minimum atomic E-state index is -0.573. The van der Waals surface area contributed by atoms with Crippen LogP contribution in [0.15, 0.2) is 30.7 Å². The van der Waals surface area contributed by atoms with Gasteiger partial charge in [-0.2, -0.15) is 0 Å². The van der Waals surface area contributed by atoms with E-state index in [9.17, 15) is 4.79 Å². The zero-order valence-corrected chi connectivity index (χ0v) is 14.9. The van der Waals surface area contributed by atoms with E-state index in [0.29, 0.717) is 10.8 Å². The van der Waals surface area contributed by atoms with Crippen LogP contribution in [0.4, 0.5) is 4.79 Å². The molecule has 0 radical (unpaired) electrons. The van der Waals surface area contributed by atoms with Gasteiger partial charge in [0.05, 0.1) is 10.6 Å². The van der Waals surface area contributed by atoms with Crippen molar-refractivity contribution in [2.45, 2.75) is 33.1 Å². The first kappa shape index (κ1) is 16.3. The molecule has 6 nitrogen and oxygen atoms in total. The first-order valence-corrected chi connectivity index (χ1v) is 8.37. The summed E-state index contributed by atoms with van der Waals surface area (Å²) in [5.74, 6) is 0.465. The molecule has 0 aliphatic rings. The van der Waals surface area contributed by atoms with E-state index < -0.39 is 6.03 Å². The summed E-state index contributed by atoms with van der Waals surface area (Å²) in [7, 11) is 0. The van der Waals surface area contributed by atoms with Crippen molar-refractivity contribution in [3.8, 4) is 21.3 Å². The van der Waals surface area contributed by atoms with E-state index >= 15 is 0 Å². The van der Waals surface area contributed by atoms with Crippen LogP contribution in [-0.4, -0.2) is 25.6 Å². The van der Waals surface area contributed by atoms with Gasteiger partial charge in [-0.25, -0.2) is 19.3 Å². The van der Waals surface area contributed by atoms with E-state index in [1.165, 1.54) is 22.1 Å². The van der Waals surface area contributed by atoms with Crippen molar-refractivity contribution in [1.82, 2.24) is 19.5 Å². The number of hydrogen-bond acceptors (Lipinski definition) is 5. The highest BCUT2D eigenvalue weighted by Gasteiger charge is 2.19. The number of aromatic nitrogens is 4. The van der Waals surface area contributed by atoms with Gasteiger partial charge in [-0.15, -0.1) is 11.3 Å². The Hall–Kier alpha value is -2.54. The zero-order valence-electron chi connectivity index (χ0n) is 14.1. The molecule has 0 unspecified atom stereocenters. The molecule has 24 heavy (non-hydrogen) atoms. The molecule has 0 saturated carbocycles. The minimum Gasteiger partial charge on any atom is -0.351 e. The molecule has 3 heterocycles. The number of nitrogens with zero attached hydrogens (tertiary/aromatic N) is 4. The smallest absolute Gasteiger partial charge is 0.324 e. The van der Waals surface area contributed by atoms with Gasteiger partial charge in [0.25, 0.3) is 0 Å². The number of thiazole rings is 1. The molecule has 7 heteroatoms. The fourth-order valence-electron chi connectivity index (χ4n) is 2.38. The van der Waals surface area contributed by atoms with Crippen LogP contribution < -0.4 is 5.73 Å². The number of hydrogen-bond donors (Lipinski definition) is 1. The lowest BCUT2D eigenvalue weighted by Crippen LogP contribution is -2.19. The Morgan fingerprint density at radius 1 is 1.25 bits per heavy atom. The van der Waals surface area contributed by atoms with Gasteiger partial charge in [0.15, 0.2) is 10.8 Å². The molecule has 3 aromatic heterocycles. The zero-order chi connectivity index (χ0) is 17.5. The summed E-state index contributed by atoms with van der Waals surface area (Å²) in [5, 5.41) is 0.667. The van der Waals surface area contributed by atoms with Crippen molar-refractivity contribution >= 4 is 17.4 Å². The normalized spacial score (nSPS) is 11.7. The third-order valence-corrected chi connectivity index (χ3v) is 4.86. The van der Waals surface area contributed by atoms with Crippen LogP contribution in [0.3, 0.4) is 0 Å². The van der Waals surface area contributed by atoms with Crippen LogP contribution in [-0.2, 0) is 5.41 Å². The van der Waals surface area contributed by atoms with E-state index in [1.807, 2.05) is 19.2 Å². The highest BCUT2D eigenvalue weighted by Crippen LogP contribution is 2.35.